The van der Waals surface area contributed by atoms with Crippen LogP contribution in [-0.4, -0.2) is 18.0 Å². The maximum atomic E-state index is 12.1. The lowest BCUT2D eigenvalue weighted by molar-refractivity contribution is -0.121. The normalized spacial score (nSPS) is 11.7. The molecule has 1 amide bonds. The van der Waals surface area contributed by atoms with E-state index in [2.05, 4.69) is 10.3 Å². The first-order chi connectivity index (χ1) is 9.70. The number of nitrogens with zero attached hydrogens (tertiary/aromatic N) is 1. The Hall–Kier alpha value is -2.36. The number of ether oxygens (including phenoxy) is 1. The van der Waals surface area contributed by atoms with E-state index in [1.54, 1.807) is 19.5 Å². The number of para-hydroxylation sites is 1. The minimum Gasteiger partial charge on any atom is -0.496 e. The molecule has 4 nitrogen and oxygen atoms in total. The lowest BCUT2D eigenvalue weighted by atomic mass is 10.1. The van der Waals surface area contributed by atoms with Crippen LogP contribution < -0.4 is 10.1 Å². The Labute approximate surface area is 118 Å². The van der Waals surface area contributed by atoms with Crippen LogP contribution in [0.15, 0.2) is 48.8 Å². The fourth-order valence-electron chi connectivity index (χ4n) is 2.05. The van der Waals surface area contributed by atoms with Crippen molar-refractivity contribution in [3.63, 3.8) is 0 Å². The number of hydrogen-bond donors (Lipinski definition) is 1. The fourth-order valence-corrected chi connectivity index (χ4v) is 2.05. The highest BCUT2D eigenvalue weighted by atomic mass is 16.5. The van der Waals surface area contributed by atoms with E-state index in [9.17, 15) is 4.79 Å². The molecule has 1 aromatic heterocycles. The van der Waals surface area contributed by atoms with Crippen LogP contribution >= 0.6 is 0 Å². The second-order valence-electron chi connectivity index (χ2n) is 4.56. The number of rotatable bonds is 5. The van der Waals surface area contributed by atoms with Gasteiger partial charge >= 0.3 is 0 Å². The number of hydrogen-bond acceptors (Lipinski definition) is 3. The van der Waals surface area contributed by atoms with Gasteiger partial charge in [-0.05, 0) is 30.7 Å². The van der Waals surface area contributed by atoms with Crippen molar-refractivity contribution >= 4 is 5.91 Å². The summed E-state index contributed by atoms with van der Waals surface area (Å²) >= 11 is 0. The van der Waals surface area contributed by atoms with Crippen molar-refractivity contribution in [3.8, 4) is 5.75 Å². The van der Waals surface area contributed by atoms with Crippen LogP contribution in [-0.2, 0) is 11.2 Å². The first kappa shape index (κ1) is 14.1. The lowest BCUT2D eigenvalue weighted by Crippen LogP contribution is -2.28. The van der Waals surface area contributed by atoms with Crippen molar-refractivity contribution in [2.75, 3.05) is 7.11 Å². The third kappa shape index (κ3) is 3.57. The Morgan fingerprint density at radius 2 is 1.95 bits per heavy atom. The Bertz CT molecular complexity index is 570. The number of methoxy groups -OCH3 is 1. The molecule has 1 N–H and O–H groups in total. The molecular weight excluding hydrogens is 252 g/mol. The van der Waals surface area contributed by atoms with Crippen LogP contribution in [0.4, 0.5) is 0 Å². The summed E-state index contributed by atoms with van der Waals surface area (Å²) in [4.78, 5) is 16.1. The molecule has 0 aliphatic carbocycles. The van der Waals surface area contributed by atoms with Crippen LogP contribution in [0.1, 0.15) is 24.1 Å². The van der Waals surface area contributed by atoms with Gasteiger partial charge in [-0.2, -0.15) is 0 Å². The summed E-state index contributed by atoms with van der Waals surface area (Å²) in [5, 5.41) is 2.97. The summed E-state index contributed by atoms with van der Waals surface area (Å²) in [7, 11) is 1.61. The molecule has 2 rings (SSSR count). The third-order valence-corrected chi connectivity index (χ3v) is 3.13. The van der Waals surface area contributed by atoms with Gasteiger partial charge in [0.25, 0.3) is 0 Å². The molecule has 0 bridgehead atoms. The molecule has 104 valence electrons. The van der Waals surface area contributed by atoms with Gasteiger partial charge in [-0.25, -0.2) is 0 Å². The van der Waals surface area contributed by atoms with Crippen molar-refractivity contribution in [2.24, 2.45) is 0 Å². The van der Waals surface area contributed by atoms with Gasteiger partial charge in [0.1, 0.15) is 5.75 Å². The number of pyridine rings is 1. The molecule has 1 unspecified atom stereocenters. The van der Waals surface area contributed by atoms with Gasteiger partial charge in [0.2, 0.25) is 5.91 Å². The molecule has 0 aliphatic rings. The number of amides is 1. The average molecular weight is 270 g/mol. The maximum absolute atomic E-state index is 12.1. The van der Waals surface area contributed by atoms with Crippen LogP contribution in [0.2, 0.25) is 0 Å². The third-order valence-electron chi connectivity index (χ3n) is 3.13. The number of nitrogens with one attached hydrogen (secondary N) is 1. The van der Waals surface area contributed by atoms with E-state index < -0.39 is 0 Å². The maximum Gasteiger partial charge on any atom is 0.225 e. The highest BCUT2D eigenvalue weighted by molar-refractivity contribution is 5.79. The van der Waals surface area contributed by atoms with E-state index in [1.807, 2.05) is 43.3 Å². The number of carbonyl (C=O) groups is 1. The second-order valence-corrected chi connectivity index (χ2v) is 4.56. The van der Waals surface area contributed by atoms with E-state index in [0.29, 0.717) is 6.42 Å². The van der Waals surface area contributed by atoms with Crippen molar-refractivity contribution < 1.29 is 9.53 Å². The topological polar surface area (TPSA) is 51.2 Å². The van der Waals surface area contributed by atoms with Crippen molar-refractivity contribution in [1.82, 2.24) is 10.3 Å². The average Bonchev–Trinajstić information content (AvgIpc) is 2.48. The molecule has 0 fully saturated rings. The second kappa shape index (κ2) is 6.70. The molecule has 0 aliphatic heterocycles. The zero-order valence-electron chi connectivity index (χ0n) is 11.7. The molecule has 1 aromatic carbocycles. The van der Waals surface area contributed by atoms with E-state index in [-0.39, 0.29) is 11.9 Å². The SMILES string of the molecule is COc1ccccc1CC(=O)NC(C)c1ccncc1. The smallest absolute Gasteiger partial charge is 0.225 e. The van der Waals surface area contributed by atoms with Gasteiger partial charge in [0.15, 0.2) is 0 Å². The summed E-state index contributed by atoms with van der Waals surface area (Å²) in [5.74, 6) is 0.707. The van der Waals surface area contributed by atoms with Crippen molar-refractivity contribution in [2.45, 2.75) is 19.4 Å². The predicted octanol–water partition coefficient (Wildman–Crippen LogP) is 2.51. The molecule has 1 atom stereocenters. The zero-order chi connectivity index (χ0) is 14.4. The summed E-state index contributed by atoms with van der Waals surface area (Å²) in [6, 6.07) is 11.3. The molecule has 1 heterocycles. The van der Waals surface area contributed by atoms with Crippen LogP contribution in [0, 0.1) is 0 Å². The van der Waals surface area contributed by atoms with E-state index in [1.165, 1.54) is 0 Å². The van der Waals surface area contributed by atoms with E-state index >= 15 is 0 Å². The van der Waals surface area contributed by atoms with Gasteiger partial charge in [-0.3, -0.25) is 9.78 Å². The van der Waals surface area contributed by atoms with Gasteiger partial charge < -0.3 is 10.1 Å². The van der Waals surface area contributed by atoms with Crippen LogP contribution in [0.3, 0.4) is 0 Å². The summed E-state index contributed by atoms with van der Waals surface area (Å²) in [6.45, 7) is 1.95. The minimum atomic E-state index is -0.0415. The summed E-state index contributed by atoms with van der Waals surface area (Å²) in [5.41, 5.74) is 1.92. The first-order valence-corrected chi connectivity index (χ1v) is 6.52. The first-order valence-electron chi connectivity index (χ1n) is 6.52. The zero-order valence-corrected chi connectivity index (χ0v) is 11.7. The quantitative estimate of drug-likeness (QED) is 0.908. The fraction of sp³-hybridized carbons (Fsp3) is 0.250. The lowest BCUT2D eigenvalue weighted by Gasteiger charge is -2.15. The Kier molecular flexibility index (Phi) is 4.71. The Morgan fingerprint density at radius 3 is 2.65 bits per heavy atom. The Morgan fingerprint density at radius 1 is 1.25 bits per heavy atom. The molecule has 0 spiro atoms. The molecular formula is C16H18N2O2. The van der Waals surface area contributed by atoms with Gasteiger partial charge in [0, 0.05) is 18.0 Å². The van der Waals surface area contributed by atoms with Crippen LogP contribution in [0.25, 0.3) is 0 Å². The van der Waals surface area contributed by atoms with E-state index in [4.69, 9.17) is 4.74 Å². The number of aromatic nitrogens is 1. The van der Waals surface area contributed by atoms with Gasteiger partial charge in [-0.1, -0.05) is 18.2 Å². The standard InChI is InChI=1S/C16H18N2O2/c1-12(13-7-9-17-10-8-13)18-16(19)11-14-5-3-4-6-15(14)20-2/h3-10,12H,11H2,1-2H3,(H,18,19). The predicted molar refractivity (Wildman–Crippen MR) is 77.5 cm³/mol. The molecule has 2 aromatic rings. The summed E-state index contributed by atoms with van der Waals surface area (Å²) in [6.07, 6.45) is 3.75. The van der Waals surface area contributed by atoms with Gasteiger partial charge in [-0.15, -0.1) is 0 Å². The molecule has 0 radical (unpaired) electrons. The largest absolute Gasteiger partial charge is 0.496 e. The number of carbonyl (C=O) groups excluding carboxylic acids is 1. The van der Waals surface area contributed by atoms with Crippen molar-refractivity contribution in [1.29, 1.82) is 0 Å². The summed E-state index contributed by atoms with van der Waals surface area (Å²) < 4.78 is 5.25. The molecule has 4 heteroatoms. The monoisotopic (exact) mass is 270 g/mol. The highest BCUT2D eigenvalue weighted by Crippen LogP contribution is 2.18. The van der Waals surface area contributed by atoms with Gasteiger partial charge in [0.05, 0.1) is 19.6 Å². The molecule has 0 saturated heterocycles. The van der Waals surface area contributed by atoms with E-state index in [0.717, 1.165) is 16.9 Å². The number of benzene rings is 1. The molecule has 20 heavy (non-hydrogen) atoms. The van der Waals surface area contributed by atoms with Crippen LogP contribution in [0.5, 0.6) is 5.75 Å². The minimum absolute atomic E-state index is 0.0289. The molecule has 0 saturated carbocycles. The highest BCUT2D eigenvalue weighted by Gasteiger charge is 2.12. The Balaban J connectivity index is 1.99. The van der Waals surface area contributed by atoms with Crippen molar-refractivity contribution in [3.05, 3.63) is 59.9 Å².